The lowest BCUT2D eigenvalue weighted by atomic mass is 10.1. The van der Waals surface area contributed by atoms with Gasteiger partial charge in [0, 0.05) is 48.3 Å². The van der Waals surface area contributed by atoms with Gasteiger partial charge in [-0.1, -0.05) is 15.9 Å². The number of halogens is 1. The van der Waals surface area contributed by atoms with E-state index in [2.05, 4.69) is 20.8 Å². The molecule has 34 heavy (non-hydrogen) atoms. The van der Waals surface area contributed by atoms with E-state index in [0.717, 1.165) is 9.37 Å². The highest BCUT2D eigenvalue weighted by Crippen LogP contribution is 2.28. The van der Waals surface area contributed by atoms with Crippen LogP contribution in [-0.2, 0) is 14.3 Å². The second kappa shape index (κ2) is 10.4. The normalized spacial score (nSPS) is 18.9. The molecule has 0 saturated carbocycles. The summed E-state index contributed by atoms with van der Waals surface area (Å²) in [4.78, 5) is 54.7. The number of imide groups is 1. The first-order chi connectivity index (χ1) is 16.3. The van der Waals surface area contributed by atoms with Crippen LogP contribution in [0.5, 0.6) is 0 Å². The zero-order valence-electron chi connectivity index (χ0n) is 18.3. The molecule has 11 heteroatoms. The van der Waals surface area contributed by atoms with Gasteiger partial charge >= 0.3 is 0 Å². The number of carbonyl (C=O) groups is 3. The second-order valence-corrected chi connectivity index (χ2v) is 8.94. The maximum Gasteiger partial charge on any atom is 0.269 e. The van der Waals surface area contributed by atoms with Crippen molar-refractivity contribution in [2.45, 2.75) is 12.5 Å². The molecule has 0 N–H and O–H groups in total. The van der Waals surface area contributed by atoms with Crippen molar-refractivity contribution in [3.63, 3.8) is 0 Å². The molecule has 10 nitrogen and oxygen atoms in total. The number of benzene rings is 2. The van der Waals surface area contributed by atoms with Crippen molar-refractivity contribution in [1.82, 2.24) is 9.80 Å². The average Bonchev–Trinajstić information content (AvgIpc) is 3.14. The molecule has 1 atom stereocenters. The average molecular weight is 531 g/mol. The van der Waals surface area contributed by atoms with Gasteiger partial charge in [0.15, 0.2) is 0 Å². The minimum atomic E-state index is -0.958. The minimum Gasteiger partial charge on any atom is -0.379 e. The molecular formula is C23H23BrN4O6. The molecule has 2 saturated heterocycles. The third-order valence-corrected chi connectivity index (χ3v) is 6.46. The Morgan fingerprint density at radius 2 is 1.74 bits per heavy atom. The van der Waals surface area contributed by atoms with Crippen molar-refractivity contribution in [3.8, 4) is 0 Å². The van der Waals surface area contributed by atoms with Crippen LogP contribution in [0.25, 0.3) is 0 Å². The zero-order valence-corrected chi connectivity index (χ0v) is 19.8. The summed E-state index contributed by atoms with van der Waals surface area (Å²) in [7, 11) is 0. The third-order valence-electron chi connectivity index (χ3n) is 5.93. The van der Waals surface area contributed by atoms with E-state index < -0.39 is 22.8 Å². The maximum absolute atomic E-state index is 13.5. The van der Waals surface area contributed by atoms with Crippen molar-refractivity contribution in [3.05, 3.63) is 68.7 Å². The molecule has 0 aromatic heterocycles. The summed E-state index contributed by atoms with van der Waals surface area (Å²) in [6.07, 6.45) is -0.128. The Morgan fingerprint density at radius 1 is 1.09 bits per heavy atom. The predicted molar refractivity (Wildman–Crippen MR) is 126 cm³/mol. The molecule has 178 valence electrons. The summed E-state index contributed by atoms with van der Waals surface area (Å²) in [5, 5.41) is 11.0. The minimum absolute atomic E-state index is 0.128. The molecule has 2 aromatic carbocycles. The van der Waals surface area contributed by atoms with Gasteiger partial charge in [0.25, 0.3) is 17.5 Å². The number of ether oxygens (including phenoxy) is 1. The molecule has 2 aliphatic heterocycles. The SMILES string of the molecule is O=C1CC(N(CCN2CCOCC2)C(=O)c2ccc([N+](=O)[O-])cc2)C(=O)N1c1ccc(Br)cc1. The molecular weight excluding hydrogens is 508 g/mol. The predicted octanol–water partition coefficient (Wildman–Crippen LogP) is 2.46. The first kappa shape index (κ1) is 24.0. The van der Waals surface area contributed by atoms with Crippen LogP contribution in [-0.4, -0.2) is 77.9 Å². The van der Waals surface area contributed by atoms with E-state index in [4.69, 9.17) is 4.74 Å². The van der Waals surface area contributed by atoms with Gasteiger partial charge in [-0.15, -0.1) is 0 Å². The lowest BCUT2D eigenvalue weighted by Crippen LogP contribution is -2.49. The molecule has 0 spiro atoms. The van der Waals surface area contributed by atoms with Crippen molar-refractivity contribution in [2.75, 3.05) is 44.3 Å². The van der Waals surface area contributed by atoms with Crippen LogP contribution in [0.15, 0.2) is 53.0 Å². The van der Waals surface area contributed by atoms with Gasteiger partial charge in [0.05, 0.1) is 30.2 Å². The Morgan fingerprint density at radius 3 is 2.35 bits per heavy atom. The fourth-order valence-electron chi connectivity index (χ4n) is 4.09. The molecule has 1 unspecified atom stereocenters. The van der Waals surface area contributed by atoms with E-state index in [1.807, 2.05) is 0 Å². The van der Waals surface area contributed by atoms with Gasteiger partial charge in [-0.2, -0.15) is 0 Å². The summed E-state index contributed by atoms with van der Waals surface area (Å²) in [6, 6.07) is 11.1. The van der Waals surface area contributed by atoms with E-state index in [-0.39, 0.29) is 30.1 Å². The van der Waals surface area contributed by atoms with Crippen LogP contribution >= 0.6 is 15.9 Å². The van der Waals surface area contributed by atoms with Crippen molar-refractivity contribution < 1.29 is 24.0 Å². The molecule has 2 aliphatic rings. The smallest absolute Gasteiger partial charge is 0.269 e. The summed E-state index contributed by atoms with van der Waals surface area (Å²) >= 11 is 3.34. The number of hydrogen-bond acceptors (Lipinski definition) is 7. The number of morpholine rings is 1. The number of nitro groups is 1. The van der Waals surface area contributed by atoms with Crippen molar-refractivity contribution >= 4 is 45.0 Å². The van der Waals surface area contributed by atoms with E-state index in [1.165, 1.54) is 29.2 Å². The van der Waals surface area contributed by atoms with Gasteiger partial charge in [-0.3, -0.25) is 29.4 Å². The number of anilines is 1. The van der Waals surface area contributed by atoms with Crippen LogP contribution in [0.2, 0.25) is 0 Å². The summed E-state index contributed by atoms with van der Waals surface area (Å²) in [5.74, 6) is -1.30. The Kier molecular flexibility index (Phi) is 7.35. The number of rotatable bonds is 7. The highest BCUT2D eigenvalue weighted by Gasteiger charge is 2.44. The molecule has 0 radical (unpaired) electrons. The number of non-ortho nitro benzene ring substituents is 1. The van der Waals surface area contributed by atoms with Crippen LogP contribution in [0.3, 0.4) is 0 Å². The zero-order chi connectivity index (χ0) is 24.2. The van der Waals surface area contributed by atoms with Gasteiger partial charge in [-0.25, -0.2) is 4.90 Å². The monoisotopic (exact) mass is 530 g/mol. The molecule has 0 aliphatic carbocycles. The lowest BCUT2D eigenvalue weighted by Gasteiger charge is -2.32. The van der Waals surface area contributed by atoms with Crippen LogP contribution in [0.4, 0.5) is 11.4 Å². The quantitative estimate of drug-likeness (QED) is 0.307. The van der Waals surface area contributed by atoms with Crippen molar-refractivity contribution in [1.29, 1.82) is 0 Å². The van der Waals surface area contributed by atoms with Gasteiger partial charge in [0.1, 0.15) is 6.04 Å². The van der Waals surface area contributed by atoms with Crippen LogP contribution in [0, 0.1) is 10.1 Å². The van der Waals surface area contributed by atoms with E-state index in [9.17, 15) is 24.5 Å². The fraction of sp³-hybridized carbons (Fsp3) is 0.348. The third kappa shape index (κ3) is 5.16. The van der Waals surface area contributed by atoms with E-state index in [1.54, 1.807) is 24.3 Å². The van der Waals surface area contributed by atoms with Crippen LogP contribution < -0.4 is 4.90 Å². The topological polar surface area (TPSA) is 113 Å². The highest BCUT2D eigenvalue weighted by atomic mass is 79.9. The number of carbonyl (C=O) groups excluding carboxylic acids is 3. The Hall–Kier alpha value is -3.15. The molecule has 2 aromatic rings. The Bertz CT molecular complexity index is 1090. The van der Waals surface area contributed by atoms with Gasteiger partial charge < -0.3 is 9.64 Å². The molecule has 4 rings (SSSR count). The number of hydrogen-bond donors (Lipinski definition) is 0. The number of amides is 3. The van der Waals surface area contributed by atoms with E-state index >= 15 is 0 Å². The number of nitro benzene ring substituents is 1. The molecule has 2 fully saturated rings. The van der Waals surface area contributed by atoms with Crippen LogP contribution in [0.1, 0.15) is 16.8 Å². The standard InChI is InChI=1S/C23H23BrN4O6/c24-17-3-7-18(8-4-17)27-21(29)15-20(23(27)31)26(10-9-25-11-13-34-14-12-25)22(30)16-1-5-19(6-2-16)28(32)33/h1-8,20H,9-15H2. The first-order valence-corrected chi connectivity index (χ1v) is 11.6. The lowest BCUT2D eigenvalue weighted by molar-refractivity contribution is -0.384. The highest BCUT2D eigenvalue weighted by molar-refractivity contribution is 9.10. The largest absolute Gasteiger partial charge is 0.379 e. The fourth-order valence-corrected chi connectivity index (χ4v) is 4.35. The maximum atomic E-state index is 13.5. The second-order valence-electron chi connectivity index (χ2n) is 8.02. The first-order valence-electron chi connectivity index (χ1n) is 10.8. The van der Waals surface area contributed by atoms with E-state index in [0.29, 0.717) is 38.5 Å². The Labute approximate surface area is 204 Å². The summed E-state index contributed by atoms with van der Waals surface area (Å²) < 4.78 is 6.18. The summed E-state index contributed by atoms with van der Waals surface area (Å²) in [5.41, 5.74) is 0.525. The van der Waals surface area contributed by atoms with Crippen molar-refractivity contribution in [2.24, 2.45) is 0 Å². The van der Waals surface area contributed by atoms with Gasteiger partial charge in [0.2, 0.25) is 5.91 Å². The summed E-state index contributed by atoms with van der Waals surface area (Å²) in [6.45, 7) is 3.35. The van der Waals surface area contributed by atoms with Gasteiger partial charge in [-0.05, 0) is 36.4 Å². The number of nitrogens with zero attached hydrogens (tertiary/aromatic N) is 4. The molecule has 2 heterocycles. The molecule has 0 bridgehead atoms. The Balaban J connectivity index is 1.59. The molecule has 3 amide bonds.